The van der Waals surface area contributed by atoms with E-state index in [1.807, 2.05) is 0 Å². The van der Waals surface area contributed by atoms with Crippen molar-refractivity contribution in [2.24, 2.45) is 0 Å². The fourth-order valence-electron chi connectivity index (χ4n) is 11.0. The maximum absolute atomic E-state index is 3.20. The number of nitrogens with zero attached hydrogens (tertiary/aromatic N) is 3. The lowest BCUT2D eigenvalue weighted by molar-refractivity contribution is 1.16. The summed E-state index contributed by atoms with van der Waals surface area (Å²) < 4.78 is 7.49. The third kappa shape index (κ3) is 5.21. The Balaban J connectivity index is 1.23. The minimum Gasteiger partial charge on any atom is -0.309 e. The average Bonchev–Trinajstić information content (AvgIpc) is 4.01. The zero-order chi connectivity index (χ0) is 42.2. The SMILES string of the molecule is c1ccc(-n2c3ccccc3c3cc(-n4c5ccccc5c5c([Si](c6ccccc6)(c6ccccc6)c6ccccc6)c(-n6c7ccccc7c7ccccc76)ccc54)ccc32)cc1. The number of fused-ring (bicyclic) bond motifs is 9. The predicted molar refractivity (Wildman–Crippen MR) is 273 cm³/mol. The van der Waals surface area contributed by atoms with Crippen molar-refractivity contribution in [1.82, 2.24) is 13.7 Å². The highest BCUT2D eigenvalue weighted by atomic mass is 28.3. The summed E-state index contributed by atoms with van der Waals surface area (Å²) in [4.78, 5) is 0. The van der Waals surface area contributed by atoms with Crippen LogP contribution in [0.4, 0.5) is 0 Å². The Hall–Kier alpha value is -8.18. The van der Waals surface area contributed by atoms with Crippen molar-refractivity contribution in [3.05, 3.63) is 249 Å². The van der Waals surface area contributed by atoms with Crippen LogP contribution in [0.3, 0.4) is 0 Å². The van der Waals surface area contributed by atoms with Gasteiger partial charge in [0.1, 0.15) is 0 Å². The van der Waals surface area contributed by atoms with Gasteiger partial charge in [0, 0.05) is 49.4 Å². The molecule has 64 heavy (non-hydrogen) atoms. The highest BCUT2D eigenvalue weighted by Gasteiger charge is 2.45. The van der Waals surface area contributed by atoms with E-state index < -0.39 is 8.07 Å². The zero-order valence-electron chi connectivity index (χ0n) is 35.0. The van der Waals surface area contributed by atoms with E-state index in [1.54, 1.807) is 0 Å². The summed E-state index contributed by atoms with van der Waals surface area (Å²) in [5, 5.41) is 12.9. The third-order valence-corrected chi connectivity index (χ3v) is 18.4. The molecule has 0 saturated carbocycles. The maximum Gasteiger partial charge on any atom is 0.182 e. The van der Waals surface area contributed by atoms with E-state index >= 15 is 0 Å². The van der Waals surface area contributed by atoms with Crippen LogP contribution in [0.15, 0.2) is 249 Å². The van der Waals surface area contributed by atoms with Gasteiger partial charge in [-0.2, -0.15) is 0 Å². The van der Waals surface area contributed by atoms with Gasteiger partial charge in [-0.3, -0.25) is 0 Å². The van der Waals surface area contributed by atoms with Crippen LogP contribution in [0, 0.1) is 0 Å². The highest BCUT2D eigenvalue weighted by molar-refractivity contribution is 7.21. The molecule has 13 aromatic rings. The highest BCUT2D eigenvalue weighted by Crippen LogP contribution is 2.39. The molecule has 0 unspecified atom stereocenters. The molecule has 3 aromatic heterocycles. The molecule has 0 aliphatic carbocycles. The van der Waals surface area contributed by atoms with Crippen LogP contribution in [0.2, 0.25) is 0 Å². The van der Waals surface area contributed by atoms with Gasteiger partial charge in [-0.05, 0) is 87.5 Å². The first-order valence-electron chi connectivity index (χ1n) is 22.1. The van der Waals surface area contributed by atoms with Gasteiger partial charge < -0.3 is 13.7 Å². The number of benzene rings is 10. The average molecular weight is 832 g/mol. The summed E-state index contributed by atoms with van der Waals surface area (Å²) in [5.41, 5.74) is 10.7. The molecule has 0 N–H and O–H groups in total. The van der Waals surface area contributed by atoms with Crippen molar-refractivity contribution in [3.63, 3.8) is 0 Å². The van der Waals surface area contributed by atoms with Crippen molar-refractivity contribution >= 4 is 94.2 Å². The van der Waals surface area contributed by atoms with E-state index in [-0.39, 0.29) is 0 Å². The summed E-state index contributed by atoms with van der Waals surface area (Å²) >= 11 is 0. The molecule has 10 aromatic carbocycles. The standard InChI is InChI=1S/C60H41N3Si/c1-5-21-42(22-6-1)61-52-33-17-15-31-49(52)51-41-43(37-38-56(51)61)62-55-36-20-16-32-50(55)59-57(62)39-40-58(63-53-34-18-13-29-47(53)48-30-14-19-35-54(48)63)60(59)64(44-23-7-2-8-24-44,45-25-9-3-10-26-45)46-27-11-4-12-28-46/h1-41H. The van der Waals surface area contributed by atoms with E-state index in [1.165, 1.54) is 91.9 Å². The molecule has 0 saturated heterocycles. The van der Waals surface area contributed by atoms with Crippen molar-refractivity contribution < 1.29 is 0 Å². The third-order valence-electron chi connectivity index (χ3n) is 13.6. The maximum atomic E-state index is 2.56. The molecule has 0 amide bonds. The summed E-state index contributed by atoms with van der Waals surface area (Å²) in [7, 11) is -3.20. The van der Waals surface area contributed by atoms with Gasteiger partial charge in [0.15, 0.2) is 8.07 Å². The smallest absolute Gasteiger partial charge is 0.182 e. The van der Waals surface area contributed by atoms with Gasteiger partial charge in [0.25, 0.3) is 0 Å². The minimum atomic E-state index is -3.20. The Labute approximate surface area is 372 Å². The van der Waals surface area contributed by atoms with Gasteiger partial charge in [0.2, 0.25) is 0 Å². The van der Waals surface area contributed by atoms with E-state index in [0.717, 1.165) is 11.4 Å². The zero-order valence-corrected chi connectivity index (χ0v) is 36.0. The number of hydrogen-bond acceptors (Lipinski definition) is 0. The van der Waals surface area contributed by atoms with Gasteiger partial charge in [-0.25, -0.2) is 0 Å². The normalized spacial score (nSPS) is 12.1. The lowest BCUT2D eigenvalue weighted by atomic mass is 10.1. The van der Waals surface area contributed by atoms with E-state index in [2.05, 4.69) is 262 Å². The van der Waals surface area contributed by atoms with Crippen molar-refractivity contribution in [3.8, 4) is 17.1 Å². The van der Waals surface area contributed by atoms with Crippen molar-refractivity contribution in [2.75, 3.05) is 0 Å². The minimum absolute atomic E-state index is 1.14. The monoisotopic (exact) mass is 831 g/mol. The Morgan fingerprint density at radius 3 is 1.16 bits per heavy atom. The number of aromatic nitrogens is 3. The Morgan fingerprint density at radius 1 is 0.250 bits per heavy atom. The molecule has 13 rings (SSSR count). The summed E-state index contributed by atoms with van der Waals surface area (Å²) in [6, 6.07) is 92.5. The Morgan fingerprint density at radius 2 is 0.625 bits per heavy atom. The van der Waals surface area contributed by atoms with Gasteiger partial charge >= 0.3 is 0 Å². The van der Waals surface area contributed by atoms with E-state index in [9.17, 15) is 0 Å². The molecule has 0 aliphatic heterocycles. The van der Waals surface area contributed by atoms with Crippen LogP contribution in [0.1, 0.15) is 0 Å². The number of hydrogen-bond donors (Lipinski definition) is 0. The second-order valence-electron chi connectivity index (χ2n) is 16.8. The molecule has 4 heteroatoms. The molecule has 0 radical (unpaired) electrons. The summed E-state index contributed by atoms with van der Waals surface area (Å²) in [6.45, 7) is 0. The predicted octanol–water partition coefficient (Wildman–Crippen LogP) is 12.4. The van der Waals surface area contributed by atoms with Crippen LogP contribution in [-0.4, -0.2) is 21.8 Å². The van der Waals surface area contributed by atoms with Crippen LogP contribution in [0.5, 0.6) is 0 Å². The summed E-state index contributed by atoms with van der Waals surface area (Å²) in [5.74, 6) is 0. The molecular formula is C60H41N3Si. The van der Waals surface area contributed by atoms with Gasteiger partial charge in [-0.15, -0.1) is 0 Å². The molecule has 0 bridgehead atoms. The van der Waals surface area contributed by atoms with Crippen molar-refractivity contribution in [2.45, 2.75) is 0 Å². The molecule has 0 fully saturated rings. The molecule has 300 valence electrons. The Bertz CT molecular complexity index is 3730. The molecular weight excluding hydrogens is 791 g/mol. The summed E-state index contributed by atoms with van der Waals surface area (Å²) in [6.07, 6.45) is 0. The topological polar surface area (TPSA) is 14.8 Å². The lowest BCUT2D eigenvalue weighted by Gasteiger charge is -2.37. The molecule has 0 atom stereocenters. The quantitative estimate of drug-likeness (QED) is 0.112. The van der Waals surface area contributed by atoms with Crippen LogP contribution in [0.25, 0.3) is 82.5 Å². The fraction of sp³-hybridized carbons (Fsp3) is 0. The molecule has 0 aliphatic rings. The molecule has 0 spiro atoms. The first kappa shape index (κ1) is 36.5. The molecule has 3 heterocycles. The second-order valence-corrected chi connectivity index (χ2v) is 20.5. The first-order chi connectivity index (χ1) is 31.8. The largest absolute Gasteiger partial charge is 0.309 e. The van der Waals surface area contributed by atoms with Gasteiger partial charge in [0.05, 0.1) is 33.1 Å². The van der Waals surface area contributed by atoms with Crippen LogP contribution < -0.4 is 20.7 Å². The van der Waals surface area contributed by atoms with Crippen LogP contribution >= 0.6 is 0 Å². The first-order valence-corrected chi connectivity index (χ1v) is 24.1. The number of rotatable bonds is 7. The fourth-order valence-corrected chi connectivity index (χ4v) is 16.2. The number of para-hydroxylation sites is 5. The van der Waals surface area contributed by atoms with Crippen LogP contribution in [-0.2, 0) is 0 Å². The van der Waals surface area contributed by atoms with E-state index in [4.69, 9.17) is 0 Å². The van der Waals surface area contributed by atoms with Gasteiger partial charge in [-0.1, -0.05) is 182 Å². The Kier molecular flexibility index (Phi) is 8.23. The van der Waals surface area contributed by atoms with Crippen molar-refractivity contribution in [1.29, 1.82) is 0 Å². The second kappa shape index (κ2) is 14.5. The lowest BCUT2D eigenvalue weighted by Crippen LogP contribution is -2.75. The molecule has 3 nitrogen and oxygen atoms in total. The van der Waals surface area contributed by atoms with E-state index in [0.29, 0.717) is 0 Å².